The molecule has 2 aromatic carbocycles. The monoisotopic (exact) mass is 477 g/mol. The number of hydrogen-bond acceptors (Lipinski definition) is 5. The van der Waals surface area contributed by atoms with Crippen LogP contribution in [-0.4, -0.2) is 48.2 Å². The second-order valence-electron chi connectivity index (χ2n) is 10.0. The minimum absolute atomic E-state index is 0.393. The van der Waals surface area contributed by atoms with Crippen molar-refractivity contribution in [3.63, 3.8) is 0 Å². The van der Waals surface area contributed by atoms with Gasteiger partial charge in [-0.2, -0.15) is 5.10 Å². The van der Waals surface area contributed by atoms with E-state index in [0.29, 0.717) is 5.92 Å². The van der Waals surface area contributed by atoms with Crippen LogP contribution in [0.1, 0.15) is 46.8 Å². The first-order valence-electron chi connectivity index (χ1n) is 12.7. The van der Waals surface area contributed by atoms with Crippen LogP contribution in [0.4, 0.5) is 0 Å². The summed E-state index contributed by atoms with van der Waals surface area (Å²) in [5.74, 6) is 0.393. The Hall–Kier alpha value is -3.84. The van der Waals surface area contributed by atoms with E-state index >= 15 is 0 Å². The third-order valence-electron chi connectivity index (χ3n) is 7.44. The Labute approximate surface area is 211 Å². The second kappa shape index (κ2) is 9.32. The van der Waals surface area contributed by atoms with Gasteiger partial charge in [-0.3, -0.25) is 15.0 Å². The zero-order valence-electron chi connectivity index (χ0n) is 21.1. The largest absolute Gasteiger partial charge is 0.298 e. The molecule has 7 nitrogen and oxygen atoms in total. The van der Waals surface area contributed by atoms with Crippen molar-refractivity contribution < 1.29 is 0 Å². The first-order chi connectivity index (χ1) is 17.5. The molecule has 0 bridgehead atoms. The Morgan fingerprint density at radius 1 is 1.03 bits per heavy atom. The summed E-state index contributed by atoms with van der Waals surface area (Å²) in [5.41, 5.74) is 10.2. The topological polar surface area (TPSA) is 75.5 Å². The van der Waals surface area contributed by atoms with Crippen LogP contribution in [0.2, 0.25) is 0 Å². The third kappa shape index (κ3) is 4.31. The van der Waals surface area contributed by atoms with Crippen LogP contribution in [0.3, 0.4) is 0 Å². The van der Waals surface area contributed by atoms with Crippen LogP contribution < -0.4 is 0 Å². The van der Waals surface area contributed by atoms with Gasteiger partial charge in [0.25, 0.3) is 0 Å². The van der Waals surface area contributed by atoms with E-state index in [1.54, 1.807) is 0 Å². The van der Waals surface area contributed by atoms with Gasteiger partial charge in [0, 0.05) is 41.8 Å². The second-order valence-corrected chi connectivity index (χ2v) is 10.0. The highest BCUT2D eigenvalue weighted by atomic mass is 15.4. The van der Waals surface area contributed by atoms with Gasteiger partial charge in [0.2, 0.25) is 0 Å². The molecule has 7 heteroatoms. The fourth-order valence-electron chi connectivity index (χ4n) is 5.41. The number of fused-ring (bicyclic) bond motifs is 1. The number of aryl methyl sites for hydroxylation is 3. The van der Waals surface area contributed by atoms with Crippen molar-refractivity contribution >= 4 is 10.9 Å². The predicted octanol–water partition coefficient (Wildman–Crippen LogP) is 5.51. The number of nitrogens with one attached hydrogen (secondary N) is 1. The zero-order chi connectivity index (χ0) is 24.6. The standard InChI is InChI=1S/C29H31N7/c1-19-6-4-7-20(2)26(19)17-35-13-5-8-23(16-35)28-18-36(34-32-28)24-9-10-27-25(15-24)29(33-31-27)22-11-12-30-21(3)14-22/h4,6-7,9-12,14-15,18,23H,5,8,13,16-17H2,1-3H3,(H,31,33)/t23-/m1/s1. The van der Waals surface area contributed by atoms with Gasteiger partial charge in [0.1, 0.15) is 5.69 Å². The van der Waals surface area contributed by atoms with Gasteiger partial charge in [0.05, 0.1) is 23.1 Å². The van der Waals surface area contributed by atoms with Crippen molar-refractivity contribution in [1.29, 1.82) is 0 Å². The van der Waals surface area contributed by atoms with E-state index in [9.17, 15) is 0 Å². The first kappa shape index (κ1) is 22.6. The lowest BCUT2D eigenvalue weighted by atomic mass is 9.94. The van der Waals surface area contributed by atoms with Gasteiger partial charge >= 0.3 is 0 Å². The van der Waals surface area contributed by atoms with E-state index in [2.05, 4.69) is 92.9 Å². The smallest absolute Gasteiger partial charge is 0.100 e. The summed E-state index contributed by atoms with van der Waals surface area (Å²) in [5, 5.41) is 17.9. The molecule has 0 saturated carbocycles. The highest BCUT2D eigenvalue weighted by molar-refractivity contribution is 5.94. The van der Waals surface area contributed by atoms with E-state index in [4.69, 9.17) is 0 Å². The molecule has 0 radical (unpaired) electrons. The van der Waals surface area contributed by atoms with E-state index < -0.39 is 0 Å². The van der Waals surface area contributed by atoms with Gasteiger partial charge in [-0.25, -0.2) is 4.68 Å². The minimum Gasteiger partial charge on any atom is -0.298 e. The normalized spacial score (nSPS) is 16.6. The van der Waals surface area contributed by atoms with Gasteiger partial charge < -0.3 is 0 Å². The number of piperidine rings is 1. The van der Waals surface area contributed by atoms with Crippen molar-refractivity contribution in [3.05, 3.63) is 89.0 Å². The molecule has 0 spiro atoms. The summed E-state index contributed by atoms with van der Waals surface area (Å²) in [6.07, 6.45) is 6.25. The molecule has 6 rings (SSSR count). The number of H-pyrrole nitrogens is 1. The molecule has 1 atom stereocenters. The van der Waals surface area contributed by atoms with E-state index in [1.165, 1.54) is 23.1 Å². The quantitative estimate of drug-likeness (QED) is 0.361. The highest BCUT2D eigenvalue weighted by Gasteiger charge is 2.24. The molecule has 0 unspecified atom stereocenters. The first-order valence-corrected chi connectivity index (χ1v) is 12.7. The zero-order valence-corrected chi connectivity index (χ0v) is 21.1. The number of benzene rings is 2. The Balaban J connectivity index is 1.24. The Morgan fingerprint density at radius 3 is 2.72 bits per heavy atom. The van der Waals surface area contributed by atoms with E-state index in [0.717, 1.165) is 65.3 Å². The van der Waals surface area contributed by atoms with E-state index in [-0.39, 0.29) is 0 Å². The van der Waals surface area contributed by atoms with Crippen molar-refractivity contribution in [1.82, 2.24) is 35.1 Å². The molecule has 0 aliphatic carbocycles. The number of nitrogens with zero attached hydrogens (tertiary/aromatic N) is 6. The molecule has 36 heavy (non-hydrogen) atoms. The number of aromatic amines is 1. The maximum Gasteiger partial charge on any atom is 0.100 e. The lowest BCUT2D eigenvalue weighted by Gasteiger charge is -2.32. The number of hydrogen-bond donors (Lipinski definition) is 1. The average molecular weight is 478 g/mol. The summed E-state index contributed by atoms with van der Waals surface area (Å²) >= 11 is 0. The summed E-state index contributed by atoms with van der Waals surface area (Å²) < 4.78 is 1.90. The molecule has 3 aromatic heterocycles. The predicted molar refractivity (Wildman–Crippen MR) is 142 cm³/mol. The van der Waals surface area contributed by atoms with Crippen molar-refractivity contribution in [2.45, 2.75) is 46.1 Å². The molecule has 1 saturated heterocycles. The molecule has 182 valence electrons. The molecule has 0 amide bonds. The lowest BCUT2D eigenvalue weighted by Crippen LogP contribution is -2.34. The summed E-state index contributed by atoms with van der Waals surface area (Å²) in [7, 11) is 0. The van der Waals surface area contributed by atoms with Crippen molar-refractivity contribution in [2.24, 2.45) is 0 Å². The van der Waals surface area contributed by atoms with Crippen LogP contribution >= 0.6 is 0 Å². The van der Waals surface area contributed by atoms with Crippen LogP contribution in [0.25, 0.3) is 27.8 Å². The Bertz CT molecular complexity index is 1510. The Morgan fingerprint density at radius 2 is 1.89 bits per heavy atom. The molecule has 5 aromatic rings. The fourth-order valence-corrected chi connectivity index (χ4v) is 5.41. The third-order valence-corrected chi connectivity index (χ3v) is 7.44. The molecular weight excluding hydrogens is 446 g/mol. The van der Waals surface area contributed by atoms with Gasteiger partial charge in [-0.15, -0.1) is 5.10 Å². The van der Waals surface area contributed by atoms with Gasteiger partial charge in [0.15, 0.2) is 0 Å². The number of pyridine rings is 1. The Kier molecular flexibility index (Phi) is 5.85. The summed E-state index contributed by atoms with van der Waals surface area (Å²) in [4.78, 5) is 6.89. The lowest BCUT2D eigenvalue weighted by molar-refractivity contribution is 0.198. The molecule has 4 heterocycles. The van der Waals surface area contributed by atoms with Crippen LogP contribution in [-0.2, 0) is 6.54 Å². The maximum absolute atomic E-state index is 4.61. The molecule has 1 aliphatic heterocycles. The maximum atomic E-state index is 4.61. The minimum atomic E-state index is 0.393. The van der Waals surface area contributed by atoms with E-state index in [1.807, 2.05) is 23.9 Å². The van der Waals surface area contributed by atoms with Crippen LogP contribution in [0.15, 0.2) is 60.9 Å². The van der Waals surface area contributed by atoms with Crippen LogP contribution in [0, 0.1) is 20.8 Å². The van der Waals surface area contributed by atoms with Gasteiger partial charge in [-0.1, -0.05) is 23.4 Å². The number of rotatable bonds is 5. The SMILES string of the molecule is Cc1cc(-c2n[nH]c3ccc(-n4cc([C@@H]5CCCN(Cc6c(C)cccc6C)C5)nn4)cc23)ccn1. The summed E-state index contributed by atoms with van der Waals surface area (Å²) in [6, 6.07) is 16.9. The van der Waals surface area contributed by atoms with Gasteiger partial charge in [-0.05, 0) is 87.2 Å². The van der Waals surface area contributed by atoms with Crippen molar-refractivity contribution in [3.8, 4) is 16.9 Å². The fraction of sp³-hybridized carbons (Fsp3) is 0.310. The molecule has 1 N–H and O–H groups in total. The summed E-state index contributed by atoms with van der Waals surface area (Å²) in [6.45, 7) is 9.57. The average Bonchev–Trinajstić information content (AvgIpc) is 3.54. The molecule has 1 fully saturated rings. The number of aromatic nitrogens is 6. The highest BCUT2D eigenvalue weighted by Crippen LogP contribution is 2.30. The number of likely N-dealkylation sites (tertiary alicyclic amines) is 1. The van der Waals surface area contributed by atoms with Crippen molar-refractivity contribution in [2.75, 3.05) is 13.1 Å². The molecular formula is C29H31N7. The van der Waals surface area contributed by atoms with Crippen LogP contribution in [0.5, 0.6) is 0 Å². The molecule has 1 aliphatic rings.